The van der Waals surface area contributed by atoms with Crippen LogP contribution in [0.3, 0.4) is 0 Å². The number of methoxy groups -OCH3 is 1. The largest absolute Gasteiger partial charge is 0.496 e. The molecule has 6 nitrogen and oxygen atoms in total. The Kier molecular flexibility index (Phi) is 6.18. The number of para-hydroxylation sites is 1. The average molecular weight is 446 g/mol. The minimum atomic E-state index is -0.352. The quantitative estimate of drug-likeness (QED) is 0.381. The van der Waals surface area contributed by atoms with E-state index in [0.717, 1.165) is 5.56 Å². The number of nitrogens with zero attached hydrogens (tertiary/aromatic N) is 1. The summed E-state index contributed by atoms with van der Waals surface area (Å²) in [6.07, 6.45) is 0. The maximum atomic E-state index is 12.5. The highest BCUT2D eigenvalue weighted by atomic mass is 32.1. The molecule has 0 saturated heterocycles. The van der Waals surface area contributed by atoms with Crippen LogP contribution in [0.5, 0.6) is 5.75 Å². The van der Waals surface area contributed by atoms with Crippen LogP contribution in [-0.2, 0) is 0 Å². The molecule has 0 fully saturated rings. The van der Waals surface area contributed by atoms with Crippen LogP contribution in [0.15, 0.2) is 71.1 Å². The predicted molar refractivity (Wildman–Crippen MR) is 130 cm³/mol. The number of carbonyl (C=O) groups is 1. The van der Waals surface area contributed by atoms with Crippen LogP contribution in [0, 0.1) is 0 Å². The van der Waals surface area contributed by atoms with Crippen LogP contribution in [0.25, 0.3) is 22.6 Å². The van der Waals surface area contributed by atoms with Gasteiger partial charge in [0.05, 0.1) is 12.7 Å². The van der Waals surface area contributed by atoms with E-state index in [1.165, 1.54) is 12.7 Å². The Hall–Kier alpha value is -3.71. The first-order valence-corrected chi connectivity index (χ1v) is 10.6. The maximum absolute atomic E-state index is 12.5. The first-order valence-electron chi connectivity index (χ1n) is 10.2. The van der Waals surface area contributed by atoms with Crippen molar-refractivity contribution < 1.29 is 13.9 Å². The number of hydrogen-bond donors (Lipinski definition) is 2. The molecule has 162 valence electrons. The standard InChI is InChI=1S/C25H23N3O3S/c1-15(2)16-8-10-17(11-9-16)24-27-20-14-18(12-13-22(20)31-24)26-25(32)28-23(29)19-6-4-5-7-21(19)30-3/h4-15H,1-3H3,(H2,26,28,29,32). The normalized spacial score (nSPS) is 10.9. The van der Waals surface area contributed by atoms with Gasteiger partial charge in [0, 0.05) is 11.3 Å². The molecule has 0 bridgehead atoms. The van der Waals surface area contributed by atoms with E-state index >= 15 is 0 Å². The second-order valence-electron chi connectivity index (χ2n) is 7.59. The molecule has 0 aliphatic rings. The number of oxazole rings is 1. The summed E-state index contributed by atoms with van der Waals surface area (Å²) in [7, 11) is 1.52. The van der Waals surface area contributed by atoms with Gasteiger partial charge in [-0.2, -0.15) is 0 Å². The molecule has 0 aliphatic carbocycles. The predicted octanol–water partition coefficient (Wildman–Crippen LogP) is 5.75. The van der Waals surface area contributed by atoms with Gasteiger partial charge in [0.25, 0.3) is 5.91 Å². The van der Waals surface area contributed by atoms with Gasteiger partial charge >= 0.3 is 0 Å². The molecular weight excluding hydrogens is 422 g/mol. The van der Waals surface area contributed by atoms with Crippen LogP contribution in [0.1, 0.15) is 35.7 Å². The zero-order valence-electron chi connectivity index (χ0n) is 18.0. The van der Waals surface area contributed by atoms with Crippen molar-refractivity contribution in [2.45, 2.75) is 19.8 Å². The van der Waals surface area contributed by atoms with Crippen molar-refractivity contribution in [1.82, 2.24) is 10.3 Å². The second kappa shape index (κ2) is 9.20. The Morgan fingerprint density at radius 2 is 1.81 bits per heavy atom. The fourth-order valence-electron chi connectivity index (χ4n) is 3.30. The molecule has 0 unspecified atom stereocenters. The Morgan fingerprint density at radius 3 is 2.53 bits per heavy atom. The van der Waals surface area contributed by atoms with Gasteiger partial charge in [-0.1, -0.05) is 38.1 Å². The molecule has 7 heteroatoms. The fourth-order valence-corrected chi connectivity index (χ4v) is 3.51. The first kappa shape index (κ1) is 21.5. The van der Waals surface area contributed by atoms with E-state index in [1.807, 2.05) is 30.3 Å². The highest BCUT2D eigenvalue weighted by Gasteiger charge is 2.14. The van der Waals surface area contributed by atoms with Crippen molar-refractivity contribution in [2.75, 3.05) is 12.4 Å². The summed E-state index contributed by atoms with van der Waals surface area (Å²) in [5, 5.41) is 5.86. The lowest BCUT2D eigenvalue weighted by molar-refractivity contribution is 0.0975. The van der Waals surface area contributed by atoms with Crippen LogP contribution >= 0.6 is 12.2 Å². The molecule has 4 rings (SSSR count). The molecule has 1 heterocycles. The number of carbonyl (C=O) groups excluding carboxylic acids is 1. The molecular formula is C25H23N3O3S. The lowest BCUT2D eigenvalue weighted by atomic mass is 10.0. The zero-order chi connectivity index (χ0) is 22.7. The molecule has 0 radical (unpaired) electrons. The fraction of sp³-hybridized carbons (Fsp3) is 0.160. The highest BCUT2D eigenvalue weighted by molar-refractivity contribution is 7.80. The van der Waals surface area contributed by atoms with Gasteiger partial charge in [-0.05, 0) is 66.2 Å². The Labute approximate surface area is 191 Å². The number of hydrogen-bond acceptors (Lipinski definition) is 5. The van der Waals surface area contributed by atoms with Gasteiger partial charge in [-0.3, -0.25) is 10.1 Å². The van der Waals surface area contributed by atoms with Gasteiger partial charge in [0.2, 0.25) is 5.89 Å². The summed E-state index contributed by atoms with van der Waals surface area (Å²) in [6, 6.07) is 20.6. The summed E-state index contributed by atoms with van der Waals surface area (Å²) in [6.45, 7) is 4.32. The summed E-state index contributed by atoms with van der Waals surface area (Å²) >= 11 is 5.30. The van der Waals surface area contributed by atoms with Crippen molar-refractivity contribution in [2.24, 2.45) is 0 Å². The van der Waals surface area contributed by atoms with Crippen LogP contribution in [0.4, 0.5) is 5.69 Å². The average Bonchev–Trinajstić information content (AvgIpc) is 3.22. The first-order chi connectivity index (χ1) is 15.4. The van der Waals surface area contributed by atoms with Crippen LogP contribution in [-0.4, -0.2) is 23.1 Å². The lowest BCUT2D eigenvalue weighted by Gasteiger charge is -2.11. The Balaban J connectivity index is 1.48. The molecule has 0 saturated carbocycles. The van der Waals surface area contributed by atoms with E-state index < -0.39 is 0 Å². The molecule has 4 aromatic rings. The van der Waals surface area contributed by atoms with Gasteiger partial charge in [-0.15, -0.1) is 0 Å². The summed E-state index contributed by atoms with van der Waals surface area (Å²) < 4.78 is 11.1. The SMILES string of the molecule is COc1ccccc1C(=O)NC(=S)Nc1ccc2oc(-c3ccc(C(C)C)cc3)nc2c1. The third-order valence-electron chi connectivity index (χ3n) is 5.05. The molecule has 32 heavy (non-hydrogen) atoms. The topological polar surface area (TPSA) is 76.4 Å². The number of fused-ring (bicyclic) bond motifs is 1. The number of thiocarbonyl (C=S) groups is 1. The minimum absolute atomic E-state index is 0.174. The molecule has 0 spiro atoms. The van der Waals surface area contributed by atoms with E-state index in [0.29, 0.717) is 39.9 Å². The molecule has 2 N–H and O–H groups in total. The van der Waals surface area contributed by atoms with Crippen molar-refractivity contribution in [3.05, 3.63) is 77.9 Å². The molecule has 0 atom stereocenters. The van der Waals surface area contributed by atoms with E-state index in [9.17, 15) is 4.79 Å². The number of amides is 1. The van der Waals surface area contributed by atoms with E-state index in [1.54, 1.807) is 24.3 Å². The molecule has 3 aromatic carbocycles. The molecule has 1 amide bonds. The van der Waals surface area contributed by atoms with Gasteiger partial charge < -0.3 is 14.5 Å². The second-order valence-corrected chi connectivity index (χ2v) is 8.00. The number of ether oxygens (including phenoxy) is 1. The van der Waals surface area contributed by atoms with E-state index in [-0.39, 0.29) is 11.0 Å². The third kappa shape index (κ3) is 4.63. The molecule has 1 aromatic heterocycles. The zero-order valence-corrected chi connectivity index (χ0v) is 18.8. The Morgan fingerprint density at radius 1 is 1.06 bits per heavy atom. The minimum Gasteiger partial charge on any atom is -0.496 e. The third-order valence-corrected chi connectivity index (χ3v) is 5.25. The van der Waals surface area contributed by atoms with E-state index in [2.05, 4.69) is 41.6 Å². The van der Waals surface area contributed by atoms with Gasteiger partial charge in [-0.25, -0.2) is 4.98 Å². The highest BCUT2D eigenvalue weighted by Crippen LogP contribution is 2.27. The van der Waals surface area contributed by atoms with Crippen LogP contribution < -0.4 is 15.4 Å². The van der Waals surface area contributed by atoms with E-state index in [4.69, 9.17) is 21.4 Å². The number of anilines is 1. The van der Waals surface area contributed by atoms with Gasteiger partial charge in [0.1, 0.15) is 11.3 Å². The lowest BCUT2D eigenvalue weighted by Crippen LogP contribution is -2.34. The van der Waals surface area contributed by atoms with Gasteiger partial charge in [0.15, 0.2) is 10.7 Å². The number of benzene rings is 3. The summed E-state index contributed by atoms with van der Waals surface area (Å²) in [5.41, 5.74) is 4.64. The summed E-state index contributed by atoms with van der Waals surface area (Å²) in [5.74, 6) is 1.15. The number of nitrogens with one attached hydrogen (secondary N) is 2. The molecule has 0 aliphatic heterocycles. The smallest absolute Gasteiger partial charge is 0.261 e. The van der Waals surface area contributed by atoms with Crippen molar-refractivity contribution in [3.63, 3.8) is 0 Å². The van der Waals surface area contributed by atoms with Crippen molar-refractivity contribution >= 4 is 40.0 Å². The van der Waals surface area contributed by atoms with Crippen molar-refractivity contribution in [1.29, 1.82) is 0 Å². The monoisotopic (exact) mass is 445 g/mol. The van der Waals surface area contributed by atoms with Crippen molar-refractivity contribution in [3.8, 4) is 17.2 Å². The Bertz CT molecular complexity index is 1280. The number of rotatable bonds is 5. The maximum Gasteiger partial charge on any atom is 0.261 e. The number of aromatic nitrogens is 1. The summed E-state index contributed by atoms with van der Waals surface area (Å²) in [4.78, 5) is 17.1. The van der Waals surface area contributed by atoms with Crippen LogP contribution in [0.2, 0.25) is 0 Å².